The molecule has 2 aromatic carbocycles. The molecule has 0 aliphatic rings. The Morgan fingerprint density at radius 3 is 2.62 bits per heavy atom. The van der Waals surface area contributed by atoms with Gasteiger partial charge in [-0.05, 0) is 24.3 Å². The standard InChI is InChI=1S/C16H12BrNO6/c1-23-14-12(6-10(17)7-13(14)24-16(21)22)15(20)18-11-4-2-3-9(5-11)8-19/h2-8H,1H3,(H,18,20)(H,21,22). The Kier molecular flexibility index (Phi) is 5.54. The molecular formula is C16H12BrNO6. The molecule has 0 radical (unpaired) electrons. The van der Waals surface area contributed by atoms with Crippen molar-refractivity contribution in [1.82, 2.24) is 0 Å². The molecule has 1 amide bonds. The quantitative estimate of drug-likeness (QED) is 0.457. The molecule has 0 unspecified atom stereocenters. The number of amides is 1. The van der Waals surface area contributed by atoms with E-state index in [1.54, 1.807) is 18.2 Å². The predicted octanol–water partition coefficient (Wildman–Crippen LogP) is 3.58. The van der Waals surface area contributed by atoms with E-state index in [-0.39, 0.29) is 17.1 Å². The van der Waals surface area contributed by atoms with E-state index < -0.39 is 12.1 Å². The Hall–Kier alpha value is -2.87. The van der Waals surface area contributed by atoms with Gasteiger partial charge in [-0.25, -0.2) is 4.79 Å². The summed E-state index contributed by atoms with van der Waals surface area (Å²) < 4.78 is 10.2. The third-order valence-electron chi connectivity index (χ3n) is 2.95. The molecule has 0 aromatic heterocycles. The van der Waals surface area contributed by atoms with Crippen molar-refractivity contribution in [2.45, 2.75) is 0 Å². The second-order valence-electron chi connectivity index (χ2n) is 4.55. The number of carbonyl (C=O) groups is 3. The van der Waals surface area contributed by atoms with Gasteiger partial charge in [0.25, 0.3) is 5.91 Å². The number of aldehydes is 1. The van der Waals surface area contributed by atoms with E-state index in [0.29, 0.717) is 22.0 Å². The minimum Gasteiger partial charge on any atom is -0.492 e. The van der Waals surface area contributed by atoms with Crippen LogP contribution in [0.1, 0.15) is 20.7 Å². The van der Waals surface area contributed by atoms with Gasteiger partial charge in [-0.2, -0.15) is 0 Å². The molecule has 0 saturated heterocycles. The average Bonchev–Trinajstić information content (AvgIpc) is 2.54. The van der Waals surface area contributed by atoms with Crippen molar-refractivity contribution in [1.29, 1.82) is 0 Å². The van der Waals surface area contributed by atoms with Gasteiger partial charge in [0.05, 0.1) is 12.7 Å². The summed E-state index contributed by atoms with van der Waals surface area (Å²) in [6.45, 7) is 0. The lowest BCUT2D eigenvalue weighted by molar-refractivity contribution is 0.102. The molecule has 124 valence electrons. The highest BCUT2D eigenvalue weighted by Gasteiger charge is 2.20. The van der Waals surface area contributed by atoms with Crippen LogP contribution in [0.4, 0.5) is 10.5 Å². The van der Waals surface area contributed by atoms with Gasteiger partial charge >= 0.3 is 6.16 Å². The van der Waals surface area contributed by atoms with E-state index in [1.807, 2.05) is 0 Å². The summed E-state index contributed by atoms with van der Waals surface area (Å²) in [6.07, 6.45) is -0.870. The number of ether oxygens (including phenoxy) is 2. The number of methoxy groups -OCH3 is 1. The monoisotopic (exact) mass is 393 g/mol. The van der Waals surface area contributed by atoms with Gasteiger partial charge in [-0.15, -0.1) is 0 Å². The molecule has 24 heavy (non-hydrogen) atoms. The van der Waals surface area contributed by atoms with Crippen LogP contribution >= 0.6 is 15.9 Å². The molecule has 0 bridgehead atoms. The molecule has 2 N–H and O–H groups in total. The Morgan fingerprint density at radius 2 is 2.00 bits per heavy atom. The van der Waals surface area contributed by atoms with Gasteiger partial charge in [-0.1, -0.05) is 28.1 Å². The molecule has 0 aliphatic carbocycles. The Balaban J connectivity index is 2.38. The van der Waals surface area contributed by atoms with E-state index >= 15 is 0 Å². The van der Waals surface area contributed by atoms with Gasteiger partial charge in [0.1, 0.15) is 6.29 Å². The second-order valence-corrected chi connectivity index (χ2v) is 5.47. The first-order valence-corrected chi connectivity index (χ1v) is 7.38. The minimum atomic E-state index is -1.53. The number of hydrogen-bond acceptors (Lipinski definition) is 5. The molecule has 0 spiro atoms. The second kappa shape index (κ2) is 7.60. The lowest BCUT2D eigenvalue weighted by Crippen LogP contribution is -2.15. The minimum absolute atomic E-state index is 0.0235. The summed E-state index contributed by atoms with van der Waals surface area (Å²) >= 11 is 3.19. The first-order chi connectivity index (χ1) is 11.4. The van der Waals surface area contributed by atoms with Crippen LogP contribution in [0, 0.1) is 0 Å². The summed E-state index contributed by atoms with van der Waals surface area (Å²) in [4.78, 5) is 34.0. The number of benzene rings is 2. The summed E-state index contributed by atoms with van der Waals surface area (Å²) in [5.74, 6) is -0.692. The van der Waals surface area contributed by atoms with Crippen LogP contribution < -0.4 is 14.8 Å². The number of nitrogens with one attached hydrogen (secondary N) is 1. The molecule has 0 fully saturated rings. The van der Waals surface area contributed by atoms with Gasteiger partial charge in [0.2, 0.25) is 0 Å². The number of carbonyl (C=O) groups excluding carboxylic acids is 2. The molecule has 2 rings (SSSR count). The summed E-state index contributed by atoms with van der Waals surface area (Å²) in [5, 5.41) is 11.4. The SMILES string of the molecule is COc1c(OC(=O)O)cc(Br)cc1C(=O)Nc1cccc(C=O)c1. The van der Waals surface area contributed by atoms with E-state index in [9.17, 15) is 14.4 Å². The van der Waals surface area contributed by atoms with Gasteiger partial charge in [0.15, 0.2) is 11.5 Å². The van der Waals surface area contributed by atoms with Crippen LogP contribution in [-0.4, -0.2) is 30.6 Å². The zero-order valence-corrected chi connectivity index (χ0v) is 14.0. The fourth-order valence-electron chi connectivity index (χ4n) is 2.01. The van der Waals surface area contributed by atoms with E-state index in [4.69, 9.17) is 9.84 Å². The highest BCUT2D eigenvalue weighted by atomic mass is 79.9. The van der Waals surface area contributed by atoms with Crippen molar-refractivity contribution in [3.8, 4) is 11.5 Å². The molecule has 7 nitrogen and oxygen atoms in total. The normalized spacial score (nSPS) is 9.92. The fourth-order valence-corrected chi connectivity index (χ4v) is 2.44. The van der Waals surface area contributed by atoms with E-state index in [2.05, 4.69) is 26.0 Å². The number of carboxylic acid groups (broad SMARTS) is 1. The number of hydrogen-bond donors (Lipinski definition) is 2. The summed E-state index contributed by atoms with van der Waals surface area (Å²) in [6, 6.07) is 9.18. The van der Waals surface area contributed by atoms with Crippen molar-refractivity contribution >= 4 is 40.0 Å². The van der Waals surface area contributed by atoms with Crippen LogP contribution in [0.15, 0.2) is 40.9 Å². The van der Waals surface area contributed by atoms with Crippen LogP contribution in [0.2, 0.25) is 0 Å². The number of anilines is 1. The molecule has 0 saturated carbocycles. The maximum Gasteiger partial charge on any atom is 0.511 e. The molecule has 8 heteroatoms. The number of rotatable bonds is 5. The zero-order valence-electron chi connectivity index (χ0n) is 12.4. The largest absolute Gasteiger partial charge is 0.511 e. The lowest BCUT2D eigenvalue weighted by atomic mass is 10.1. The molecule has 0 heterocycles. The average molecular weight is 394 g/mol. The fraction of sp³-hybridized carbons (Fsp3) is 0.0625. The molecule has 0 atom stereocenters. The Bertz CT molecular complexity index is 805. The molecule has 0 aliphatic heterocycles. The third kappa shape index (κ3) is 4.11. The first kappa shape index (κ1) is 17.5. The Labute approximate surface area is 145 Å². The van der Waals surface area contributed by atoms with Gasteiger partial charge in [-0.3, -0.25) is 9.59 Å². The van der Waals surface area contributed by atoms with Crippen molar-refractivity contribution in [3.05, 3.63) is 52.0 Å². The number of halogens is 1. The highest BCUT2D eigenvalue weighted by molar-refractivity contribution is 9.10. The Morgan fingerprint density at radius 1 is 1.25 bits per heavy atom. The van der Waals surface area contributed by atoms with Crippen molar-refractivity contribution in [2.24, 2.45) is 0 Å². The van der Waals surface area contributed by atoms with Crippen LogP contribution in [0.5, 0.6) is 11.5 Å². The summed E-state index contributed by atoms with van der Waals surface area (Å²) in [7, 11) is 1.29. The lowest BCUT2D eigenvalue weighted by Gasteiger charge is -2.13. The van der Waals surface area contributed by atoms with Gasteiger partial charge < -0.3 is 19.9 Å². The van der Waals surface area contributed by atoms with Crippen LogP contribution in [0.25, 0.3) is 0 Å². The van der Waals surface area contributed by atoms with E-state index in [0.717, 1.165) is 0 Å². The predicted molar refractivity (Wildman–Crippen MR) is 89.1 cm³/mol. The maximum atomic E-state index is 12.5. The molecular weight excluding hydrogens is 382 g/mol. The van der Waals surface area contributed by atoms with Gasteiger partial charge in [0, 0.05) is 15.7 Å². The first-order valence-electron chi connectivity index (χ1n) is 6.59. The van der Waals surface area contributed by atoms with Crippen LogP contribution in [-0.2, 0) is 0 Å². The van der Waals surface area contributed by atoms with E-state index in [1.165, 1.54) is 25.3 Å². The highest BCUT2D eigenvalue weighted by Crippen LogP contribution is 2.35. The summed E-state index contributed by atoms with van der Waals surface area (Å²) in [5.41, 5.74) is 0.885. The topological polar surface area (TPSA) is 102 Å². The van der Waals surface area contributed by atoms with Crippen molar-refractivity contribution in [2.75, 3.05) is 12.4 Å². The third-order valence-corrected chi connectivity index (χ3v) is 3.40. The zero-order chi connectivity index (χ0) is 17.7. The van der Waals surface area contributed by atoms with Crippen molar-refractivity contribution in [3.63, 3.8) is 0 Å². The smallest absolute Gasteiger partial charge is 0.492 e. The van der Waals surface area contributed by atoms with Crippen LogP contribution in [0.3, 0.4) is 0 Å². The maximum absolute atomic E-state index is 12.5. The van der Waals surface area contributed by atoms with Crippen molar-refractivity contribution < 1.29 is 29.0 Å². The molecule has 2 aromatic rings.